The highest BCUT2D eigenvalue weighted by Crippen LogP contribution is 2.39. The van der Waals surface area contributed by atoms with E-state index in [1.54, 1.807) is 0 Å². The normalized spacial score (nSPS) is 30.6. The Kier molecular flexibility index (Phi) is 6.35. The van der Waals surface area contributed by atoms with E-state index in [1.807, 2.05) is 0 Å². The molecule has 0 atom stereocenters. The molecule has 2 N–H and O–H groups in total. The Morgan fingerprint density at radius 2 is 1.70 bits per heavy atom. The summed E-state index contributed by atoms with van der Waals surface area (Å²) in [5, 5.41) is 0. The molecule has 0 aromatic carbocycles. The van der Waals surface area contributed by atoms with E-state index in [9.17, 15) is 0 Å². The van der Waals surface area contributed by atoms with E-state index in [0.29, 0.717) is 5.41 Å². The van der Waals surface area contributed by atoms with Crippen molar-refractivity contribution >= 4 is 0 Å². The monoisotopic (exact) mass is 280 g/mol. The van der Waals surface area contributed by atoms with Crippen molar-refractivity contribution in [1.29, 1.82) is 0 Å². The van der Waals surface area contributed by atoms with Crippen LogP contribution in [0.1, 0.15) is 77.6 Å². The lowest BCUT2D eigenvalue weighted by Gasteiger charge is -2.40. The van der Waals surface area contributed by atoms with E-state index in [1.165, 1.54) is 77.2 Å². The first kappa shape index (κ1) is 16.3. The summed E-state index contributed by atoms with van der Waals surface area (Å²) in [6.45, 7) is 4.52. The molecule has 2 rings (SSSR count). The van der Waals surface area contributed by atoms with E-state index >= 15 is 0 Å². The minimum atomic E-state index is 0.479. The maximum Gasteiger partial charge on any atom is 0.00924 e. The fourth-order valence-corrected chi connectivity index (χ4v) is 4.45. The zero-order valence-corrected chi connectivity index (χ0v) is 13.9. The summed E-state index contributed by atoms with van der Waals surface area (Å²) in [5.41, 5.74) is 6.60. The van der Waals surface area contributed by atoms with Crippen molar-refractivity contribution in [2.45, 2.75) is 83.6 Å². The molecule has 2 nitrogen and oxygen atoms in total. The molecular formula is C18H36N2. The molecule has 0 aliphatic heterocycles. The maximum atomic E-state index is 6.12. The Bertz CT molecular complexity index is 263. The Morgan fingerprint density at radius 1 is 1.05 bits per heavy atom. The Labute approximate surface area is 126 Å². The van der Waals surface area contributed by atoms with Crippen LogP contribution in [0.15, 0.2) is 0 Å². The highest BCUT2D eigenvalue weighted by atomic mass is 15.1. The van der Waals surface area contributed by atoms with E-state index in [2.05, 4.69) is 18.9 Å². The minimum absolute atomic E-state index is 0.479. The molecule has 118 valence electrons. The third kappa shape index (κ3) is 4.21. The first-order valence-electron chi connectivity index (χ1n) is 9.09. The van der Waals surface area contributed by atoms with Crippen molar-refractivity contribution in [3.8, 4) is 0 Å². The summed E-state index contributed by atoms with van der Waals surface area (Å²) in [5.74, 6) is 1.01. The average molecular weight is 280 g/mol. The molecule has 2 saturated carbocycles. The van der Waals surface area contributed by atoms with Crippen molar-refractivity contribution in [2.75, 3.05) is 20.1 Å². The Balaban J connectivity index is 1.75. The van der Waals surface area contributed by atoms with Gasteiger partial charge in [0.1, 0.15) is 0 Å². The summed E-state index contributed by atoms with van der Waals surface area (Å²) in [4.78, 5) is 2.65. The van der Waals surface area contributed by atoms with Crippen LogP contribution in [0.5, 0.6) is 0 Å². The van der Waals surface area contributed by atoms with Gasteiger partial charge in [-0.05, 0) is 76.4 Å². The molecule has 2 aliphatic rings. The standard InChI is InChI=1S/C18H36N2/c1-3-16-7-9-17(10-8-16)20(2)14-13-18(15-19)11-5-4-6-12-18/h16-17H,3-15,19H2,1-2H3. The van der Waals surface area contributed by atoms with Gasteiger partial charge in [0, 0.05) is 6.04 Å². The molecule has 2 fully saturated rings. The quantitative estimate of drug-likeness (QED) is 0.790. The minimum Gasteiger partial charge on any atom is -0.330 e. The summed E-state index contributed by atoms with van der Waals surface area (Å²) in [7, 11) is 2.35. The van der Waals surface area contributed by atoms with Gasteiger partial charge in [0.05, 0.1) is 0 Å². The van der Waals surface area contributed by atoms with Gasteiger partial charge in [0.25, 0.3) is 0 Å². The maximum absolute atomic E-state index is 6.12. The number of hydrogen-bond acceptors (Lipinski definition) is 2. The van der Waals surface area contributed by atoms with Gasteiger partial charge >= 0.3 is 0 Å². The molecule has 20 heavy (non-hydrogen) atoms. The fraction of sp³-hybridized carbons (Fsp3) is 1.00. The molecule has 0 aromatic heterocycles. The first-order chi connectivity index (χ1) is 9.69. The van der Waals surface area contributed by atoms with Gasteiger partial charge < -0.3 is 10.6 Å². The molecule has 0 spiro atoms. The lowest BCUT2D eigenvalue weighted by atomic mass is 9.71. The highest BCUT2D eigenvalue weighted by Gasteiger charge is 2.31. The fourth-order valence-electron chi connectivity index (χ4n) is 4.45. The SMILES string of the molecule is CCC1CCC(N(C)CCC2(CN)CCCCC2)CC1. The van der Waals surface area contributed by atoms with Crippen LogP contribution in [0.3, 0.4) is 0 Å². The van der Waals surface area contributed by atoms with E-state index in [4.69, 9.17) is 5.73 Å². The molecule has 0 radical (unpaired) electrons. The molecule has 0 amide bonds. The second-order valence-electron chi connectivity index (χ2n) is 7.58. The van der Waals surface area contributed by atoms with Crippen molar-refractivity contribution in [3.05, 3.63) is 0 Å². The largest absolute Gasteiger partial charge is 0.330 e. The Hall–Kier alpha value is -0.0800. The van der Waals surface area contributed by atoms with Gasteiger partial charge in [-0.3, -0.25) is 0 Å². The van der Waals surface area contributed by atoms with Crippen LogP contribution < -0.4 is 5.73 Å². The second-order valence-corrected chi connectivity index (χ2v) is 7.58. The van der Waals surface area contributed by atoms with E-state index < -0.39 is 0 Å². The molecule has 0 unspecified atom stereocenters. The number of nitrogens with two attached hydrogens (primary N) is 1. The smallest absolute Gasteiger partial charge is 0.00924 e. The molecule has 2 aliphatic carbocycles. The van der Waals surface area contributed by atoms with Crippen LogP contribution in [0.25, 0.3) is 0 Å². The van der Waals surface area contributed by atoms with Crippen LogP contribution in [-0.4, -0.2) is 31.1 Å². The lowest BCUT2D eigenvalue weighted by molar-refractivity contribution is 0.116. The summed E-state index contributed by atoms with van der Waals surface area (Å²) < 4.78 is 0. The van der Waals surface area contributed by atoms with Crippen LogP contribution in [-0.2, 0) is 0 Å². The predicted molar refractivity (Wildman–Crippen MR) is 87.9 cm³/mol. The molecule has 0 heterocycles. The topological polar surface area (TPSA) is 29.3 Å². The van der Waals surface area contributed by atoms with Crippen molar-refractivity contribution in [2.24, 2.45) is 17.1 Å². The third-order valence-electron chi connectivity index (χ3n) is 6.36. The third-order valence-corrected chi connectivity index (χ3v) is 6.36. The van der Waals surface area contributed by atoms with Crippen molar-refractivity contribution in [3.63, 3.8) is 0 Å². The summed E-state index contributed by atoms with van der Waals surface area (Å²) >= 11 is 0. The summed E-state index contributed by atoms with van der Waals surface area (Å²) in [6, 6.07) is 0.844. The average Bonchev–Trinajstić information content (AvgIpc) is 2.53. The first-order valence-corrected chi connectivity index (χ1v) is 9.09. The van der Waals surface area contributed by atoms with Gasteiger partial charge in [-0.1, -0.05) is 32.6 Å². The molecule has 2 heteroatoms. The van der Waals surface area contributed by atoms with E-state index in [-0.39, 0.29) is 0 Å². The van der Waals surface area contributed by atoms with Crippen LogP contribution in [0.4, 0.5) is 0 Å². The van der Waals surface area contributed by atoms with Crippen LogP contribution >= 0.6 is 0 Å². The lowest BCUT2D eigenvalue weighted by Crippen LogP contribution is -2.40. The van der Waals surface area contributed by atoms with Gasteiger partial charge in [0.15, 0.2) is 0 Å². The second kappa shape index (κ2) is 7.79. The summed E-state index contributed by atoms with van der Waals surface area (Å²) in [6.07, 6.45) is 15.4. The molecule has 0 saturated heterocycles. The zero-order valence-electron chi connectivity index (χ0n) is 13.9. The number of rotatable bonds is 6. The van der Waals surface area contributed by atoms with Gasteiger partial charge in [-0.2, -0.15) is 0 Å². The predicted octanol–water partition coefficient (Wildman–Crippen LogP) is 4.19. The highest BCUT2D eigenvalue weighted by molar-refractivity contribution is 4.86. The van der Waals surface area contributed by atoms with Gasteiger partial charge in [0.2, 0.25) is 0 Å². The Morgan fingerprint density at radius 3 is 2.25 bits per heavy atom. The van der Waals surface area contributed by atoms with Crippen molar-refractivity contribution < 1.29 is 0 Å². The number of nitrogens with zero attached hydrogens (tertiary/aromatic N) is 1. The zero-order chi connectivity index (χ0) is 14.4. The molecule has 0 aromatic rings. The molecular weight excluding hydrogens is 244 g/mol. The molecule has 0 bridgehead atoms. The van der Waals surface area contributed by atoms with E-state index in [0.717, 1.165) is 18.5 Å². The number of hydrogen-bond donors (Lipinski definition) is 1. The van der Waals surface area contributed by atoms with Crippen LogP contribution in [0, 0.1) is 11.3 Å². The van der Waals surface area contributed by atoms with Crippen LogP contribution in [0.2, 0.25) is 0 Å². The van der Waals surface area contributed by atoms with Gasteiger partial charge in [-0.15, -0.1) is 0 Å². The van der Waals surface area contributed by atoms with Gasteiger partial charge in [-0.25, -0.2) is 0 Å². The van der Waals surface area contributed by atoms with Crippen molar-refractivity contribution in [1.82, 2.24) is 4.90 Å².